The number of hydrogen-bond acceptors (Lipinski definition) is 1. The van der Waals surface area contributed by atoms with Crippen LogP contribution in [-0.4, -0.2) is 5.11 Å². The summed E-state index contributed by atoms with van der Waals surface area (Å²) in [5.41, 5.74) is 2.28. The van der Waals surface area contributed by atoms with E-state index in [1.54, 1.807) is 12.1 Å². The highest BCUT2D eigenvalue weighted by Crippen LogP contribution is 2.13. The molecule has 0 aromatic heterocycles. The number of phenolic OH excluding ortho intramolecular Hbond substituents is 1. The van der Waals surface area contributed by atoms with E-state index in [0.717, 1.165) is 5.56 Å². The van der Waals surface area contributed by atoms with Crippen molar-refractivity contribution in [2.75, 3.05) is 0 Å². The van der Waals surface area contributed by atoms with E-state index in [9.17, 15) is 0 Å². The fraction of sp³-hybridized carbons (Fsp3) is 0.200. The zero-order chi connectivity index (χ0) is 8.27. The predicted octanol–water partition coefficient (Wildman–Crippen LogP) is 2.82. The Labute approximate surface area is 67.0 Å². The zero-order valence-corrected chi connectivity index (χ0v) is 6.83. The molecule has 1 heteroatoms. The first-order valence-corrected chi connectivity index (χ1v) is 3.62. The van der Waals surface area contributed by atoms with Crippen LogP contribution in [0.2, 0.25) is 0 Å². The maximum atomic E-state index is 9.10. The summed E-state index contributed by atoms with van der Waals surface area (Å²) in [4.78, 5) is 0. The van der Waals surface area contributed by atoms with Gasteiger partial charge in [-0.1, -0.05) is 23.8 Å². The van der Waals surface area contributed by atoms with Crippen molar-refractivity contribution in [3.05, 3.63) is 35.4 Å². The molecule has 1 rings (SSSR count). The second kappa shape index (κ2) is 3.24. The molecule has 1 nitrogen and oxygen atoms in total. The number of hydrogen-bond donors (Lipinski definition) is 1. The van der Waals surface area contributed by atoms with Gasteiger partial charge in [-0.25, -0.2) is 0 Å². The second-order valence-corrected chi connectivity index (χ2v) is 2.82. The van der Waals surface area contributed by atoms with E-state index in [1.807, 2.05) is 32.1 Å². The van der Waals surface area contributed by atoms with Gasteiger partial charge in [0.1, 0.15) is 5.75 Å². The lowest BCUT2D eigenvalue weighted by molar-refractivity contribution is 0.475. The standard InChI is InChI=1S/C10H12O/c1-8(2)6-9-4-3-5-10(11)7-9/h3-7,11H,1-2H3. The van der Waals surface area contributed by atoms with Gasteiger partial charge in [-0.2, -0.15) is 0 Å². The van der Waals surface area contributed by atoms with Crippen LogP contribution in [0.25, 0.3) is 6.08 Å². The lowest BCUT2D eigenvalue weighted by Crippen LogP contribution is -1.71. The average molecular weight is 148 g/mol. The van der Waals surface area contributed by atoms with E-state index in [2.05, 4.69) is 0 Å². The van der Waals surface area contributed by atoms with Crippen molar-refractivity contribution >= 4 is 6.08 Å². The fourth-order valence-corrected chi connectivity index (χ4v) is 0.948. The molecule has 1 N–H and O–H groups in total. The smallest absolute Gasteiger partial charge is 0.116 e. The van der Waals surface area contributed by atoms with Gasteiger partial charge in [-0.15, -0.1) is 0 Å². The van der Waals surface area contributed by atoms with Gasteiger partial charge in [0.2, 0.25) is 0 Å². The molecule has 0 aliphatic carbocycles. The molecule has 11 heavy (non-hydrogen) atoms. The molecule has 58 valence electrons. The minimum atomic E-state index is 0.319. The van der Waals surface area contributed by atoms with Crippen molar-refractivity contribution in [1.82, 2.24) is 0 Å². The van der Waals surface area contributed by atoms with Gasteiger partial charge in [0.15, 0.2) is 0 Å². The topological polar surface area (TPSA) is 20.2 Å². The van der Waals surface area contributed by atoms with Crippen LogP contribution in [0.5, 0.6) is 5.75 Å². The molecule has 0 radical (unpaired) electrons. The van der Waals surface area contributed by atoms with Crippen molar-refractivity contribution in [3.63, 3.8) is 0 Å². The molecular formula is C10H12O. The highest BCUT2D eigenvalue weighted by atomic mass is 16.3. The Morgan fingerprint density at radius 2 is 2.09 bits per heavy atom. The van der Waals surface area contributed by atoms with E-state index in [-0.39, 0.29) is 0 Å². The summed E-state index contributed by atoms with van der Waals surface area (Å²) in [6.07, 6.45) is 2.03. The maximum absolute atomic E-state index is 9.10. The van der Waals surface area contributed by atoms with Crippen LogP contribution in [0, 0.1) is 0 Å². The van der Waals surface area contributed by atoms with Crippen molar-refractivity contribution in [3.8, 4) is 5.75 Å². The third-order valence-electron chi connectivity index (χ3n) is 1.33. The summed E-state index contributed by atoms with van der Waals surface area (Å²) >= 11 is 0. The van der Waals surface area contributed by atoms with Crippen molar-refractivity contribution in [2.45, 2.75) is 13.8 Å². The summed E-state index contributed by atoms with van der Waals surface area (Å²) < 4.78 is 0. The molecule has 0 atom stereocenters. The maximum Gasteiger partial charge on any atom is 0.116 e. The second-order valence-electron chi connectivity index (χ2n) is 2.82. The molecule has 0 aliphatic heterocycles. The Hall–Kier alpha value is -1.24. The molecule has 0 spiro atoms. The average Bonchev–Trinajstić information content (AvgIpc) is 1.85. The van der Waals surface area contributed by atoms with Gasteiger partial charge in [0.25, 0.3) is 0 Å². The third-order valence-corrected chi connectivity index (χ3v) is 1.33. The first-order valence-electron chi connectivity index (χ1n) is 3.62. The minimum absolute atomic E-state index is 0.319. The number of allylic oxidation sites excluding steroid dienone is 1. The van der Waals surface area contributed by atoms with Crippen LogP contribution in [0.3, 0.4) is 0 Å². The number of benzene rings is 1. The Bertz CT molecular complexity index is 270. The van der Waals surface area contributed by atoms with E-state index in [1.165, 1.54) is 5.57 Å². The highest BCUT2D eigenvalue weighted by molar-refractivity contribution is 5.53. The Balaban J connectivity index is 2.97. The van der Waals surface area contributed by atoms with Crippen LogP contribution in [0.15, 0.2) is 29.8 Å². The molecule has 1 aromatic rings. The van der Waals surface area contributed by atoms with E-state index < -0.39 is 0 Å². The largest absolute Gasteiger partial charge is 0.508 e. The molecule has 0 saturated carbocycles. The summed E-state index contributed by atoms with van der Waals surface area (Å²) in [5.74, 6) is 0.319. The zero-order valence-electron chi connectivity index (χ0n) is 6.83. The fourth-order valence-electron chi connectivity index (χ4n) is 0.948. The molecule has 0 amide bonds. The van der Waals surface area contributed by atoms with Gasteiger partial charge in [-0.3, -0.25) is 0 Å². The SMILES string of the molecule is CC(C)=Cc1cccc(O)c1. The quantitative estimate of drug-likeness (QED) is 0.649. The van der Waals surface area contributed by atoms with Crippen LogP contribution in [0.4, 0.5) is 0 Å². The van der Waals surface area contributed by atoms with Gasteiger partial charge in [-0.05, 0) is 31.5 Å². The first-order chi connectivity index (χ1) is 5.18. The Morgan fingerprint density at radius 1 is 1.36 bits per heavy atom. The van der Waals surface area contributed by atoms with Crippen molar-refractivity contribution in [1.29, 1.82) is 0 Å². The number of phenols is 1. The molecule has 0 unspecified atom stereocenters. The third kappa shape index (κ3) is 2.46. The van der Waals surface area contributed by atoms with Crippen LogP contribution in [-0.2, 0) is 0 Å². The molecule has 0 aliphatic rings. The summed E-state index contributed by atoms with van der Waals surface area (Å²) in [5, 5.41) is 9.10. The molecule has 0 heterocycles. The van der Waals surface area contributed by atoms with Crippen LogP contribution in [0.1, 0.15) is 19.4 Å². The van der Waals surface area contributed by atoms with Crippen molar-refractivity contribution < 1.29 is 5.11 Å². The molecule has 0 fully saturated rings. The van der Waals surface area contributed by atoms with Gasteiger partial charge in [0.05, 0.1) is 0 Å². The molecule has 1 aromatic carbocycles. The van der Waals surface area contributed by atoms with E-state index in [0.29, 0.717) is 5.75 Å². The van der Waals surface area contributed by atoms with E-state index >= 15 is 0 Å². The van der Waals surface area contributed by atoms with Crippen LogP contribution >= 0.6 is 0 Å². The van der Waals surface area contributed by atoms with E-state index in [4.69, 9.17) is 5.11 Å². The van der Waals surface area contributed by atoms with Gasteiger partial charge < -0.3 is 5.11 Å². The highest BCUT2D eigenvalue weighted by Gasteiger charge is 1.88. The Kier molecular flexibility index (Phi) is 2.32. The first kappa shape index (κ1) is 7.86. The normalized spacial score (nSPS) is 9.27. The Morgan fingerprint density at radius 3 is 2.64 bits per heavy atom. The summed E-state index contributed by atoms with van der Waals surface area (Å²) in [6, 6.07) is 7.21. The summed E-state index contributed by atoms with van der Waals surface area (Å²) in [7, 11) is 0. The number of rotatable bonds is 1. The molecule has 0 bridgehead atoms. The lowest BCUT2D eigenvalue weighted by atomic mass is 10.1. The molecular weight excluding hydrogens is 136 g/mol. The number of aromatic hydroxyl groups is 1. The van der Waals surface area contributed by atoms with Gasteiger partial charge in [0, 0.05) is 0 Å². The predicted molar refractivity (Wildman–Crippen MR) is 47.4 cm³/mol. The van der Waals surface area contributed by atoms with Crippen molar-refractivity contribution in [2.24, 2.45) is 0 Å². The van der Waals surface area contributed by atoms with Gasteiger partial charge >= 0.3 is 0 Å². The minimum Gasteiger partial charge on any atom is -0.508 e. The monoisotopic (exact) mass is 148 g/mol. The summed E-state index contributed by atoms with van der Waals surface area (Å²) in [6.45, 7) is 4.06. The molecule has 0 saturated heterocycles. The lowest BCUT2D eigenvalue weighted by Gasteiger charge is -1.95. The van der Waals surface area contributed by atoms with Crippen LogP contribution < -0.4 is 0 Å².